The first-order valence-electron chi connectivity index (χ1n) is 6.30. The Balaban J connectivity index is 3.00. The lowest BCUT2D eigenvalue weighted by Crippen LogP contribution is -2.15. The maximum absolute atomic E-state index is 6.26. The summed E-state index contributed by atoms with van der Waals surface area (Å²) in [5, 5.41) is 0. The summed E-state index contributed by atoms with van der Waals surface area (Å²) in [5.74, 6) is 0. The van der Waals surface area contributed by atoms with Crippen molar-refractivity contribution >= 4 is 5.69 Å². The molecule has 0 aliphatic heterocycles. The van der Waals surface area contributed by atoms with Crippen LogP contribution in [0.15, 0.2) is 12.4 Å². The van der Waals surface area contributed by atoms with E-state index in [1.165, 1.54) is 11.1 Å². The van der Waals surface area contributed by atoms with Crippen LogP contribution in [0, 0.1) is 10.8 Å². The van der Waals surface area contributed by atoms with E-state index in [4.69, 9.17) is 5.73 Å². The summed E-state index contributed by atoms with van der Waals surface area (Å²) in [6, 6.07) is 0. The molecule has 2 heteroatoms. The van der Waals surface area contributed by atoms with Gasteiger partial charge in [0.2, 0.25) is 0 Å². The molecule has 2 nitrogen and oxygen atoms in total. The Morgan fingerprint density at radius 1 is 0.882 bits per heavy atom. The SMILES string of the molecule is CC(C)(C)Cc1cncc(CC(C)(C)C)c1N. The van der Waals surface area contributed by atoms with Gasteiger partial charge in [-0.05, 0) is 34.8 Å². The molecule has 1 heterocycles. The van der Waals surface area contributed by atoms with Crippen LogP contribution in [-0.2, 0) is 12.8 Å². The van der Waals surface area contributed by atoms with Gasteiger partial charge in [-0.3, -0.25) is 4.98 Å². The van der Waals surface area contributed by atoms with Gasteiger partial charge in [-0.25, -0.2) is 0 Å². The van der Waals surface area contributed by atoms with Crippen LogP contribution < -0.4 is 5.73 Å². The van der Waals surface area contributed by atoms with E-state index in [9.17, 15) is 0 Å². The molecule has 0 amide bonds. The summed E-state index contributed by atoms with van der Waals surface area (Å²) >= 11 is 0. The predicted octanol–water partition coefficient (Wildman–Crippen LogP) is 3.84. The van der Waals surface area contributed by atoms with Crippen LogP contribution in [0.1, 0.15) is 52.7 Å². The third-order valence-corrected chi connectivity index (χ3v) is 2.59. The number of hydrogen-bond donors (Lipinski definition) is 1. The smallest absolute Gasteiger partial charge is 0.0410 e. The molecular weight excluding hydrogens is 208 g/mol. The van der Waals surface area contributed by atoms with Gasteiger partial charge >= 0.3 is 0 Å². The van der Waals surface area contributed by atoms with Gasteiger partial charge in [0, 0.05) is 18.1 Å². The first-order valence-corrected chi connectivity index (χ1v) is 6.30. The molecule has 1 aromatic rings. The van der Waals surface area contributed by atoms with Crippen molar-refractivity contribution in [2.24, 2.45) is 10.8 Å². The van der Waals surface area contributed by atoms with Crippen LogP contribution in [0.2, 0.25) is 0 Å². The molecule has 0 fully saturated rings. The number of rotatable bonds is 2. The zero-order valence-corrected chi connectivity index (χ0v) is 12.1. The molecule has 0 aliphatic rings. The predicted molar refractivity (Wildman–Crippen MR) is 75.0 cm³/mol. The highest BCUT2D eigenvalue weighted by molar-refractivity contribution is 5.52. The zero-order valence-electron chi connectivity index (χ0n) is 12.1. The third kappa shape index (κ3) is 4.76. The molecule has 0 bridgehead atoms. The Morgan fingerprint density at radius 2 is 1.24 bits per heavy atom. The lowest BCUT2D eigenvalue weighted by Gasteiger charge is -2.23. The molecule has 96 valence electrons. The Labute approximate surface area is 106 Å². The summed E-state index contributed by atoms with van der Waals surface area (Å²) in [4.78, 5) is 4.33. The van der Waals surface area contributed by atoms with E-state index in [0.717, 1.165) is 18.5 Å². The van der Waals surface area contributed by atoms with E-state index in [0.29, 0.717) is 0 Å². The summed E-state index contributed by atoms with van der Waals surface area (Å²) in [6.45, 7) is 13.4. The first-order chi connectivity index (χ1) is 7.58. The fraction of sp³-hybridized carbons (Fsp3) is 0.667. The van der Waals surface area contributed by atoms with Crippen molar-refractivity contribution in [2.75, 3.05) is 5.73 Å². The van der Waals surface area contributed by atoms with Crippen molar-refractivity contribution in [3.05, 3.63) is 23.5 Å². The van der Waals surface area contributed by atoms with Crippen LogP contribution >= 0.6 is 0 Å². The topological polar surface area (TPSA) is 38.9 Å². The van der Waals surface area contributed by atoms with E-state index in [-0.39, 0.29) is 10.8 Å². The van der Waals surface area contributed by atoms with E-state index in [1.807, 2.05) is 12.4 Å². The first kappa shape index (κ1) is 14.0. The number of anilines is 1. The molecule has 1 rings (SSSR count). The van der Waals surface area contributed by atoms with Crippen LogP contribution in [0.5, 0.6) is 0 Å². The molecule has 2 N–H and O–H groups in total. The third-order valence-electron chi connectivity index (χ3n) is 2.59. The largest absolute Gasteiger partial charge is 0.398 e. The van der Waals surface area contributed by atoms with Crippen LogP contribution in [0.4, 0.5) is 5.69 Å². The van der Waals surface area contributed by atoms with Gasteiger partial charge in [0.15, 0.2) is 0 Å². The average Bonchev–Trinajstić information content (AvgIpc) is 2.07. The van der Waals surface area contributed by atoms with Gasteiger partial charge in [0.05, 0.1) is 0 Å². The second-order valence-corrected chi connectivity index (χ2v) is 7.35. The fourth-order valence-electron chi connectivity index (χ4n) is 1.99. The van der Waals surface area contributed by atoms with E-state index < -0.39 is 0 Å². The summed E-state index contributed by atoms with van der Waals surface area (Å²) in [6.07, 6.45) is 5.77. The Hall–Kier alpha value is -1.05. The maximum atomic E-state index is 6.26. The van der Waals surface area contributed by atoms with Crippen LogP contribution in [-0.4, -0.2) is 4.98 Å². The monoisotopic (exact) mass is 234 g/mol. The van der Waals surface area contributed by atoms with Crippen LogP contribution in [0.3, 0.4) is 0 Å². The highest BCUT2D eigenvalue weighted by Gasteiger charge is 2.18. The van der Waals surface area contributed by atoms with Crippen molar-refractivity contribution in [3.8, 4) is 0 Å². The van der Waals surface area contributed by atoms with Gasteiger partial charge < -0.3 is 5.73 Å². The number of nitrogens with two attached hydrogens (primary N) is 1. The molecule has 0 aromatic carbocycles. The van der Waals surface area contributed by atoms with Gasteiger partial charge in [0.25, 0.3) is 0 Å². The zero-order chi connectivity index (χ0) is 13.3. The van der Waals surface area contributed by atoms with Crippen molar-refractivity contribution in [1.29, 1.82) is 0 Å². The van der Waals surface area contributed by atoms with Gasteiger partial charge in [-0.15, -0.1) is 0 Å². The maximum Gasteiger partial charge on any atom is 0.0410 e. The number of nitrogen functional groups attached to an aromatic ring is 1. The minimum atomic E-state index is 0.246. The lowest BCUT2D eigenvalue weighted by atomic mass is 9.84. The molecular formula is C15H26N2. The molecule has 0 unspecified atom stereocenters. The highest BCUT2D eigenvalue weighted by Crippen LogP contribution is 2.29. The second-order valence-electron chi connectivity index (χ2n) is 7.35. The number of pyridine rings is 1. The molecule has 1 aromatic heterocycles. The molecule has 0 spiro atoms. The Morgan fingerprint density at radius 3 is 1.53 bits per heavy atom. The van der Waals surface area contributed by atoms with E-state index >= 15 is 0 Å². The van der Waals surface area contributed by atoms with E-state index in [1.54, 1.807) is 0 Å². The Bertz CT molecular complexity index is 347. The average molecular weight is 234 g/mol. The molecule has 0 saturated carbocycles. The van der Waals surface area contributed by atoms with Crippen molar-refractivity contribution in [3.63, 3.8) is 0 Å². The summed E-state index contributed by atoms with van der Waals surface area (Å²) in [5.41, 5.74) is 10.0. The molecule has 0 aliphatic carbocycles. The lowest BCUT2D eigenvalue weighted by molar-refractivity contribution is 0.406. The van der Waals surface area contributed by atoms with E-state index in [2.05, 4.69) is 46.5 Å². The fourth-order valence-corrected chi connectivity index (χ4v) is 1.99. The van der Waals surface area contributed by atoms with Crippen molar-refractivity contribution in [2.45, 2.75) is 54.4 Å². The van der Waals surface area contributed by atoms with Crippen LogP contribution in [0.25, 0.3) is 0 Å². The number of aromatic nitrogens is 1. The van der Waals surface area contributed by atoms with Gasteiger partial charge in [-0.1, -0.05) is 41.5 Å². The quantitative estimate of drug-likeness (QED) is 0.844. The van der Waals surface area contributed by atoms with Crippen molar-refractivity contribution < 1.29 is 0 Å². The molecule has 0 atom stereocenters. The normalized spacial score (nSPS) is 12.8. The highest BCUT2D eigenvalue weighted by atomic mass is 14.7. The number of nitrogens with zero attached hydrogens (tertiary/aromatic N) is 1. The minimum Gasteiger partial charge on any atom is -0.398 e. The number of hydrogen-bond acceptors (Lipinski definition) is 2. The Kier molecular flexibility index (Phi) is 3.85. The molecule has 0 saturated heterocycles. The second kappa shape index (κ2) is 4.67. The summed E-state index contributed by atoms with van der Waals surface area (Å²) in [7, 11) is 0. The van der Waals surface area contributed by atoms with Gasteiger partial charge in [0.1, 0.15) is 0 Å². The minimum absolute atomic E-state index is 0.246. The standard InChI is InChI=1S/C15H26N2/c1-14(2,3)7-11-9-17-10-12(13(11)16)8-15(4,5)6/h9-10H,7-8H2,1-6H3,(H2,16,17). The molecule has 17 heavy (non-hydrogen) atoms. The summed E-state index contributed by atoms with van der Waals surface area (Å²) < 4.78 is 0. The van der Waals surface area contributed by atoms with Gasteiger partial charge in [-0.2, -0.15) is 0 Å². The molecule has 0 radical (unpaired) electrons. The van der Waals surface area contributed by atoms with Crippen molar-refractivity contribution in [1.82, 2.24) is 4.98 Å².